The number of hydrogen-bond donors (Lipinski definition) is 1. The van der Waals surface area contributed by atoms with Gasteiger partial charge in [-0.2, -0.15) is 0 Å². The van der Waals surface area contributed by atoms with Gasteiger partial charge in [0.1, 0.15) is 0 Å². The Kier molecular flexibility index (Phi) is 5.62. The van der Waals surface area contributed by atoms with E-state index in [1.165, 1.54) is 37.8 Å². The van der Waals surface area contributed by atoms with Crippen molar-refractivity contribution in [3.05, 3.63) is 30.1 Å². The molecule has 2 N–H and O–H groups in total. The summed E-state index contributed by atoms with van der Waals surface area (Å²) in [6.45, 7) is 2.88. The zero-order valence-corrected chi connectivity index (χ0v) is 11.2. The largest absolute Gasteiger partial charge is 0.329 e. The number of nitrogens with two attached hydrogens (primary N) is 1. The van der Waals surface area contributed by atoms with E-state index in [1.54, 1.807) is 0 Å². The third-order valence-electron chi connectivity index (χ3n) is 3.89. The van der Waals surface area contributed by atoms with E-state index in [0.717, 1.165) is 32.1 Å². The minimum atomic E-state index is 0.756. The number of hydrogen-bond acceptors (Lipinski definition) is 3. The van der Waals surface area contributed by atoms with Crippen LogP contribution in [0.2, 0.25) is 0 Å². The Morgan fingerprint density at radius 3 is 2.67 bits per heavy atom. The first-order chi connectivity index (χ1) is 8.90. The molecule has 1 heterocycles. The molecule has 0 atom stereocenters. The molecule has 0 bridgehead atoms. The van der Waals surface area contributed by atoms with Gasteiger partial charge in [-0.3, -0.25) is 9.88 Å². The average molecular weight is 247 g/mol. The van der Waals surface area contributed by atoms with Crippen molar-refractivity contribution in [2.75, 3.05) is 19.6 Å². The fraction of sp³-hybridized carbons (Fsp3) is 0.667. The van der Waals surface area contributed by atoms with E-state index >= 15 is 0 Å². The number of rotatable bonds is 6. The molecule has 1 aromatic heterocycles. The second-order valence-corrected chi connectivity index (χ2v) is 5.19. The molecule has 100 valence electrons. The van der Waals surface area contributed by atoms with E-state index in [4.69, 9.17) is 5.73 Å². The van der Waals surface area contributed by atoms with Gasteiger partial charge in [0.05, 0.1) is 0 Å². The van der Waals surface area contributed by atoms with Gasteiger partial charge >= 0.3 is 0 Å². The predicted octanol–water partition coefficient (Wildman–Crippen LogP) is 2.22. The van der Waals surface area contributed by atoms with Crippen LogP contribution in [0.4, 0.5) is 0 Å². The lowest BCUT2D eigenvalue weighted by Crippen LogP contribution is -2.41. The summed E-state index contributed by atoms with van der Waals surface area (Å²) < 4.78 is 0. The number of aromatic nitrogens is 1. The van der Waals surface area contributed by atoms with Crippen molar-refractivity contribution in [1.82, 2.24) is 9.88 Å². The lowest BCUT2D eigenvalue weighted by molar-refractivity contribution is 0.161. The second-order valence-electron chi connectivity index (χ2n) is 5.19. The first kappa shape index (κ1) is 13.5. The van der Waals surface area contributed by atoms with Gasteiger partial charge in [0, 0.05) is 44.0 Å². The predicted molar refractivity (Wildman–Crippen MR) is 75.4 cm³/mol. The van der Waals surface area contributed by atoms with Crippen molar-refractivity contribution in [3.8, 4) is 0 Å². The maximum atomic E-state index is 5.75. The molecule has 2 rings (SSSR count). The standard InChI is InChI=1S/C15H25N3/c16-10-13-18(15-7-2-1-3-8-15)12-9-14-6-4-5-11-17-14/h4-6,11,15H,1-3,7-10,12-13,16H2. The fourth-order valence-corrected chi connectivity index (χ4v) is 2.89. The molecule has 0 radical (unpaired) electrons. The van der Waals surface area contributed by atoms with Gasteiger partial charge in [0.25, 0.3) is 0 Å². The summed E-state index contributed by atoms with van der Waals surface area (Å²) in [6, 6.07) is 6.91. The first-order valence-electron chi connectivity index (χ1n) is 7.24. The first-order valence-corrected chi connectivity index (χ1v) is 7.24. The minimum absolute atomic E-state index is 0.756. The van der Waals surface area contributed by atoms with Gasteiger partial charge in [-0.25, -0.2) is 0 Å². The Morgan fingerprint density at radius 1 is 1.17 bits per heavy atom. The van der Waals surface area contributed by atoms with Gasteiger partial charge in [-0.05, 0) is 25.0 Å². The summed E-state index contributed by atoms with van der Waals surface area (Å²) in [4.78, 5) is 6.98. The van der Waals surface area contributed by atoms with E-state index in [-0.39, 0.29) is 0 Å². The molecule has 3 heteroatoms. The Balaban J connectivity index is 1.85. The van der Waals surface area contributed by atoms with Crippen LogP contribution in [0.15, 0.2) is 24.4 Å². The van der Waals surface area contributed by atoms with Crippen LogP contribution in [0.25, 0.3) is 0 Å². The Labute approximate surface area is 110 Å². The van der Waals surface area contributed by atoms with E-state index in [0.29, 0.717) is 0 Å². The number of nitrogens with zero attached hydrogens (tertiary/aromatic N) is 2. The Hall–Kier alpha value is -0.930. The molecule has 18 heavy (non-hydrogen) atoms. The monoisotopic (exact) mass is 247 g/mol. The summed E-state index contributed by atoms with van der Waals surface area (Å²) in [5, 5.41) is 0. The molecule has 0 saturated heterocycles. The molecule has 0 unspecified atom stereocenters. The summed E-state index contributed by atoms with van der Waals surface area (Å²) >= 11 is 0. The maximum absolute atomic E-state index is 5.75. The van der Waals surface area contributed by atoms with Gasteiger partial charge in [-0.1, -0.05) is 25.3 Å². The van der Waals surface area contributed by atoms with Crippen molar-refractivity contribution < 1.29 is 0 Å². The van der Waals surface area contributed by atoms with Crippen LogP contribution in [0, 0.1) is 0 Å². The van der Waals surface area contributed by atoms with Crippen LogP contribution in [0.3, 0.4) is 0 Å². The zero-order chi connectivity index (χ0) is 12.6. The van der Waals surface area contributed by atoms with E-state index in [2.05, 4.69) is 22.0 Å². The van der Waals surface area contributed by atoms with Gasteiger partial charge < -0.3 is 5.73 Å². The topological polar surface area (TPSA) is 42.1 Å². The van der Waals surface area contributed by atoms with Crippen molar-refractivity contribution >= 4 is 0 Å². The van der Waals surface area contributed by atoms with Crippen molar-refractivity contribution in [2.24, 2.45) is 5.73 Å². The van der Waals surface area contributed by atoms with E-state index < -0.39 is 0 Å². The fourth-order valence-electron chi connectivity index (χ4n) is 2.89. The Bertz CT molecular complexity index is 320. The molecular weight excluding hydrogens is 222 g/mol. The third-order valence-corrected chi connectivity index (χ3v) is 3.89. The molecule has 1 fully saturated rings. The van der Waals surface area contributed by atoms with Crippen LogP contribution >= 0.6 is 0 Å². The van der Waals surface area contributed by atoms with Crippen LogP contribution in [0.5, 0.6) is 0 Å². The summed E-state index contributed by atoms with van der Waals surface area (Å²) in [5.41, 5.74) is 6.94. The molecule has 0 amide bonds. The quantitative estimate of drug-likeness (QED) is 0.838. The SMILES string of the molecule is NCCN(CCc1ccccn1)C1CCCCC1. The molecule has 1 aromatic rings. The van der Waals surface area contributed by atoms with Crippen LogP contribution < -0.4 is 5.73 Å². The van der Waals surface area contributed by atoms with Crippen LogP contribution in [0.1, 0.15) is 37.8 Å². The zero-order valence-electron chi connectivity index (χ0n) is 11.2. The molecule has 3 nitrogen and oxygen atoms in total. The summed E-state index contributed by atoms with van der Waals surface area (Å²) in [5.74, 6) is 0. The highest BCUT2D eigenvalue weighted by atomic mass is 15.2. The van der Waals surface area contributed by atoms with Crippen molar-refractivity contribution in [3.63, 3.8) is 0 Å². The highest BCUT2D eigenvalue weighted by Gasteiger charge is 2.20. The van der Waals surface area contributed by atoms with E-state index in [9.17, 15) is 0 Å². The summed E-state index contributed by atoms with van der Waals surface area (Å²) in [6.07, 6.45) is 9.79. The Morgan fingerprint density at radius 2 is 2.00 bits per heavy atom. The molecule has 0 spiro atoms. The lowest BCUT2D eigenvalue weighted by atomic mass is 9.94. The highest BCUT2D eigenvalue weighted by molar-refractivity contribution is 5.03. The minimum Gasteiger partial charge on any atom is -0.329 e. The van der Waals surface area contributed by atoms with Crippen molar-refractivity contribution in [2.45, 2.75) is 44.6 Å². The molecule has 1 aliphatic carbocycles. The smallest absolute Gasteiger partial charge is 0.0416 e. The maximum Gasteiger partial charge on any atom is 0.0416 e. The molecule has 1 saturated carbocycles. The van der Waals surface area contributed by atoms with E-state index in [1.807, 2.05) is 12.3 Å². The molecular formula is C15H25N3. The lowest BCUT2D eigenvalue weighted by Gasteiger charge is -2.34. The van der Waals surface area contributed by atoms with Crippen LogP contribution in [-0.2, 0) is 6.42 Å². The van der Waals surface area contributed by atoms with Gasteiger partial charge in [-0.15, -0.1) is 0 Å². The molecule has 0 aromatic carbocycles. The third kappa shape index (κ3) is 4.07. The molecule has 1 aliphatic rings. The average Bonchev–Trinajstić information content (AvgIpc) is 2.45. The molecule has 0 aliphatic heterocycles. The number of pyridine rings is 1. The second kappa shape index (κ2) is 7.49. The highest BCUT2D eigenvalue weighted by Crippen LogP contribution is 2.22. The van der Waals surface area contributed by atoms with Gasteiger partial charge in [0.15, 0.2) is 0 Å². The van der Waals surface area contributed by atoms with Gasteiger partial charge in [0.2, 0.25) is 0 Å². The van der Waals surface area contributed by atoms with Crippen molar-refractivity contribution in [1.29, 1.82) is 0 Å². The summed E-state index contributed by atoms with van der Waals surface area (Å²) in [7, 11) is 0. The van der Waals surface area contributed by atoms with Crippen LogP contribution in [-0.4, -0.2) is 35.6 Å². The normalized spacial score (nSPS) is 17.2.